The predicted octanol–water partition coefficient (Wildman–Crippen LogP) is 3.35. The lowest BCUT2D eigenvalue weighted by Gasteiger charge is -2.23. The fraction of sp³-hybridized carbons (Fsp3) is 0.176. The highest BCUT2D eigenvalue weighted by Gasteiger charge is 2.23. The molecule has 2 aromatic rings. The molecule has 3 rings (SSSR count). The Hall–Kier alpha value is -2.34. The number of hydrogen-bond donors (Lipinski definition) is 2. The van der Waals surface area contributed by atoms with Crippen molar-refractivity contribution in [2.24, 2.45) is 0 Å². The van der Waals surface area contributed by atoms with Gasteiger partial charge in [0.25, 0.3) is 5.91 Å². The van der Waals surface area contributed by atoms with E-state index in [9.17, 15) is 9.59 Å². The maximum absolute atomic E-state index is 12.1. The number of carbonyl (C=O) groups is 2. The van der Waals surface area contributed by atoms with Crippen LogP contribution in [0.25, 0.3) is 0 Å². The maximum atomic E-state index is 12.1. The molecular formula is C17H15BrN2O3. The quantitative estimate of drug-likeness (QED) is 0.865. The number of ether oxygens (including phenoxy) is 1. The number of amides is 2. The van der Waals surface area contributed by atoms with Gasteiger partial charge in [-0.25, -0.2) is 0 Å². The molecule has 5 nitrogen and oxygen atoms in total. The van der Waals surface area contributed by atoms with Gasteiger partial charge in [0.15, 0.2) is 6.10 Å². The van der Waals surface area contributed by atoms with Gasteiger partial charge in [0.2, 0.25) is 5.91 Å². The summed E-state index contributed by atoms with van der Waals surface area (Å²) in [5, 5.41) is 5.58. The van der Waals surface area contributed by atoms with E-state index in [0.717, 1.165) is 10.0 Å². The van der Waals surface area contributed by atoms with Crippen LogP contribution in [0.2, 0.25) is 0 Å². The van der Waals surface area contributed by atoms with Gasteiger partial charge in [-0.1, -0.05) is 28.1 Å². The molecule has 6 heteroatoms. The number of carbonyl (C=O) groups excluding carboxylic acids is 2. The van der Waals surface area contributed by atoms with Crippen molar-refractivity contribution >= 4 is 39.1 Å². The first kappa shape index (κ1) is 15.6. The second kappa shape index (κ2) is 6.42. The third kappa shape index (κ3) is 3.71. The highest BCUT2D eigenvalue weighted by molar-refractivity contribution is 9.10. The van der Waals surface area contributed by atoms with E-state index < -0.39 is 6.10 Å². The number of benzene rings is 2. The predicted molar refractivity (Wildman–Crippen MR) is 91.6 cm³/mol. The Kier molecular flexibility index (Phi) is 4.34. The molecule has 0 aliphatic carbocycles. The Morgan fingerprint density at radius 3 is 2.74 bits per heavy atom. The monoisotopic (exact) mass is 374 g/mol. The van der Waals surface area contributed by atoms with Gasteiger partial charge in [-0.15, -0.1) is 0 Å². The van der Waals surface area contributed by atoms with Gasteiger partial charge in [-0.2, -0.15) is 0 Å². The Bertz CT molecular complexity index is 759. The highest BCUT2D eigenvalue weighted by atomic mass is 79.9. The summed E-state index contributed by atoms with van der Waals surface area (Å²) in [4.78, 5) is 23.7. The third-order valence-electron chi connectivity index (χ3n) is 3.47. The molecule has 1 heterocycles. The number of halogens is 1. The van der Waals surface area contributed by atoms with Crippen molar-refractivity contribution in [2.75, 3.05) is 10.6 Å². The Labute approximate surface area is 142 Å². The maximum Gasteiger partial charge on any atom is 0.265 e. The van der Waals surface area contributed by atoms with Crippen molar-refractivity contribution in [3.8, 4) is 5.75 Å². The highest BCUT2D eigenvalue weighted by Crippen LogP contribution is 2.32. The van der Waals surface area contributed by atoms with Crippen LogP contribution in [0, 0.1) is 0 Å². The van der Waals surface area contributed by atoms with E-state index in [1.54, 1.807) is 25.1 Å². The van der Waals surface area contributed by atoms with Crippen LogP contribution in [0.3, 0.4) is 0 Å². The molecule has 23 heavy (non-hydrogen) atoms. The second-order valence-corrected chi connectivity index (χ2v) is 6.23. The van der Waals surface area contributed by atoms with Crippen molar-refractivity contribution in [3.05, 3.63) is 52.5 Å². The summed E-state index contributed by atoms with van der Waals surface area (Å²) in [5.41, 5.74) is 2.10. The fourth-order valence-corrected chi connectivity index (χ4v) is 2.54. The Morgan fingerprint density at radius 2 is 2.00 bits per heavy atom. The number of fused-ring (bicyclic) bond motifs is 1. The van der Waals surface area contributed by atoms with Crippen molar-refractivity contribution < 1.29 is 14.3 Å². The van der Waals surface area contributed by atoms with Gasteiger partial charge in [0, 0.05) is 10.2 Å². The zero-order valence-electron chi connectivity index (χ0n) is 12.4. The first-order valence-electron chi connectivity index (χ1n) is 7.17. The Balaban J connectivity index is 1.68. The smallest absolute Gasteiger partial charge is 0.265 e. The van der Waals surface area contributed by atoms with Gasteiger partial charge in [-0.05, 0) is 42.8 Å². The van der Waals surface area contributed by atoms with Crippen LogP contribution in [-0.4, -0.2) is 17.9 Å². The lowest BCUT2D eigenvalue weighted by molar-refractivity contribution is -0.122. The summed E-state index contributed by atoms with van der Waals surface area (Å²) in [5.74, 6) is 0.280. The average molecular weight is 375 g/mol. The minimum Gasteiger partial charge on any atom is -0.479 e. The molecule has 2 aromatic carbocycles. The lowest BCUT2D eigenvalue weighted by Crippen LogP contribution is -2.34. The molecule has 118 valence electrons. The number of nitrogens with one attached hydrogen (secondary N) is 2. The first-order chi connectivity index (χ1) is 11.0. The summed E-state index contributed by atoms with van der Waals surface area (Å²) in [6.45, 7) is 1.69. The SMILES string of the molecule is C[C@@H]1Oc2ccc(NC(=O)Cc3ccc(Br)cc3)cc2NC1=O. The van der Waals surface area contributed by atoms with E-state index in [4.69, 9.17) is 4.74 Å². The molecule has 0 spiro atoms. The minimum atomic E-state index is -0.514. The van der Waals surface area contributed by atoms with Crippen LogP contribution in [-0.2, 0) is 16.0 Å². The summed E-state index contributed by atoms with van der Waals surface area (Å²) in [7, 11) is 0. The third-order valence-corrected chi connectivity index (χ3v) is 4.00. The normalized spacial score (nSPS) is 16.1. The molecular weight excluding hydrogens is 360 g/mol. The largest absolute Gasteiger partial charge is 0.479 e. The second-order valence-electron chi connectivity index (χ2n) is 5.31. The number of rotatable bonds is 3. The van der Waals surface area contributed by atoms with E-state index in [1.807, 2.05) is 24.3 Å². The summed E-state index contributed by atoms with van der Waals surface area (Å²) >= 11 is 3.36. The average Bonchev–Trinajstić information content (AvgIpc) is 2.51. The molecule has 1 aliphatic heterocycles. The van der Waals surface area contributed by atoms with Crippen LogP contribution in [0.4, 0.5) is 11.4 Å². The van der Waals surface area contributed by atoms with Crippen molar-refractivity contribution in [3.63, 3.8) is 0 Å². The fourth-order valence-electron chi connectivity index (χ4n) is 2.28. The summed E-state index contributed by atoms with van der Waals surface area (Å²) in [6, 6.07) is 12.8. The van der Waals surface area contributed by atoms with Crippen LogP contribution < -0.4 is 15.4 Å². The van der Waals surface area contributed by atoms with Gasteiger partial charge in [0.05, 0.1) is 12.1 Å². The molecule has 0 unspecified atom stereocenters. The van der Waals surface area contributed by atoms with Crippen LogP contribution in [0.5, 0.6) is 5.75 Å². The molecule has 2 N–H and O–H groups in total. The summed E-state index contributed by atoms with van der Waals surface area (Å²) in [6.07, 6.45) is -0.232. The van der Waals surface area contributed by atoms with Gasteiger partial charge in [-0.3, -0.25) is 9.59 Å². The summed E-state index contributed by atoms with van der Waals surface area (Å²) < 4.78 is 6.46. The van der Waals surface area contributed by atoms with Gasteiger partial charge < -0.3 is 15.4 Å². The van der Waals surface area contributed by atoms with Crippen molar-refractivity contribution in [1.82, 2.24) is 0 Å². The molecule has 1 atom stereocenters. The topological polar surface area (TPSA) is 67.4 Å². The van der Waals surface area contributed by atoms with Crippen molar-refractivity contribution in [1.29, 1.82) is 0 Å². The van der Waals surface area contributed by atoms with E-state index in [2.05, 4.69) is 26.6 Å². The van der Waals surface area contributed by atoms with E-state index in [1.165, 1.54) is 0 Å². The van der Waals surface area contributed by atoms with E-state index >= 15 is 0 Å². The van der Waals surface area contributed by atoms with Gasteiger partial charge in [0.1, 0.15) is 5.75 Å². The molecule has 0 bridgehead atoms. The van der Waals surface area contributed by atoms with Gasteiger partial charge >= 0.3 is 0 Å². The van der Waals surface area contributed by atoms with E-state index in [0.29, 0.717) is 17.1 Å². The first-order valence-corrected chi connectivity index (χ1v) is 7.96. The minimum absolute atomic E-state index is 0.122. The molecule has 0 saturated heterocycles. The zero-order valence-corrected chi connectivity index (χ0v) is 14.0. The van der Waals surface area contributed by atoms with Crippen molar-refractivity contribution in [2.45, 2.75) is 19.4 Å². The van der Waals surface area contributed by atoms with Crippen LogP contribution >= 0.6 is 15.9 Å². The van der Waals surface area contributed by atoms with Crippen LogP contribution in [0.1, 0.15) is 12.5 Å². The standard InChI is InChI=1S/C17H15BrN2O3/c1-10-17(22)20-14-9-13(6-7-15(14)23-10)19-16(21)8-11-2-4-12(18)5-3-11/h2-7,9-10H,8H2,1H3,(H,19,21)(H,20,22)/t10-/m0/s1. The Morgan fingerprint density at radius 1 is 1.26 bits per heavy atom. The zero-order chi connectivity index (χ0) is 16.4. The lowest BCUT2D eigenvalue weighted by atomic mass is 10.1. The van der Waals surface area contributed by atoms with E-state index in [-0.39, 0.29) is 18.2 Å². The molecule has 1 aliphatic rings. The number of hydrogen-bond acceptors (Lipinski definition) is 3. The molecule has 0 radical (unpaired) electrons. The van der Waals surface area contributed by atoms with Crippen LogP contribution in [0.15, 0.2) is 46.9 Å². The molecule has 2 amide bonds. The molecule has 0 aromatic heterocycles. The number of anilines is 2. The molecule has 0 saturated carbocycles. The molecule has 0 fully saturated rings.